The summed E-state index contributed by atoms with van der Waals surface area (Å²) in [5.41, 5.74) is -0.943. The van der Waals surface area contributed by atoms with Crippen molar-refractivity contribution >= 4 is 11.9 Å². The lowest BCUT2D eigenvalue weighted by molar-refractivity contribution is -0.154. The maximum absolute atomic E-state index is 11.6. The Morgan fingerprint density at radius 1 is 1.41 bits per heavy atom. The Bertz CT molecular complexity index is 444. The van der Waals surface area contributed by atoms with E-state index in [9.17, 15) is 14.7 Å². The molecule has 0 fully saturated rings. The molecule has 0 saturated carbocycles. The molecule has 0 radical (unpaired) electrons. The third kappa shape index (κ3) is 2.75. The van der Waals surface area contributed by atoms with Gasteiger partial charge in [0.1, 0.15) is 11.2 Å². The van der Waals surface area contributed by atoms with Gasteiger partial charge in [-0.2, -0.15) is 0 Å². The predicted octanol–water partition coefficient (Wildman–Crippen LogP) is 0.772. The lowest BCUT2D eigenvalue weighted by Gasteiger charge is -2.22. The van der Waals surface area contributed by atoms with Crippen LogP contribution in [0, 0.1) is 5.41 Å². The second-order valence-corrected chi connectivity index (χ2v) is 4.06. The molecule has 17 heavy (non-hydrogen) atoms. The van der Waals surface area contributed by atoms with Gasteiger partial charge in [-0.3, -0.25) is 9.59 Å². The Labute approximate surface area is 99.1 Å². The van der Waals surface area contributed by atoms with Gasteiger partial charge in [0, 0.05) is 7.05 Å². The number of carboxylic acids is 1. The molecular formula is C12H15NO4. The van der Waals surface area contributed by atoms with E-state index in [1.54, 1.807) is 12.1 Å². The molecule has 1 amide bonds. The Morgan fingerprint density at radius 2 is 2.06 bits per heavy atom. The van der Waals surface area contributed by atoms with Crippen molar-refractivity contribution in [2.45, 2.75) is 13.3 Å². The first-order chi connectivity index (χ1) is 7.90. The van der Waals surface area contributed by atoms with E-state index in [0.717, 1.165) is 0 Å². The predicted molar refractivity (Wildman–Crippen MR) is 61.6 cm³/mol. The summed E-state index contributed by atoms with van der Waals surface area (Å²) in [6.07, 6.45) is 0.0242. The number of hydrogen-bond donors (Lipinski definition) is 3. The Hall–Kier alpha value is -2.04. The largest absolute Gasteiger partial charge is 0.508 e. The number of carbonyl (C=O) groups is 2. The molecule has 92 valence electrons. The van der Waals surface area contributed by atoms with Crippen molar-refractivity contribution in [1.29, 1.82) is 0 Å². The van der Waals surface area contributed by atoms with Crippen LogP contribution < -0.4 is 5.32 Å². The minimum atomic E-state index is -1.54. The summed E-state index contributed by atoms with van der Waals surface area (Å²) in [5, 5.41) is 20.8. The summed E-state index contributed by atoms with van der Waals surface area (Å²) >= 11 is 0. The van der Waals surface area contributed by atoms with Crippen molar-refractivity contribution in [3.8, 4) is 5.75 Å². The number of carbonyl (C=O) groups excluding carboxylic acids is 1. The quantitative estimate of drug-likeness (QED) is 0.675. The molecule has 5 heteroatoms. The molecule has 1 aromatic carbocycles. The van der Waals surface area contributed by atoms with Gasteiger partial charge in [0.15, 0.2) is 0 Å². The smallest absolute Gasteiger partial charge is 0.319 e. The third-order valence-corrected chi connectivity index (χ3v) is 2.67. The third-order valence-electron chi connectivity index (χ3n) is 2.67. The van der Waals surface area contributed by atoms with Gasteiger partial charge in [0.2, 0.25) is 5.91 Å². The van der Waals surface area contributed by atoms with Crippen LogP contribution in [-0.4, -0.2) is 29.1 Å². The van der Waals surface area contributed by atoms with Crippen molar-refractivity contribution in [2.75, 3.05) is 7.05 Å². The van der Waals surface area contributed by atoms with E-state index in [-0.39, 0.29) is 12.2 Å². The second kappa shape index (κ2) is 4.86. The number of phenols is 1. The molecule has 1 rings (SSSR count). The molecule has 5 nitrogen and oxygen atoms in total. The fourth-order valence-electron chi connectivity index (χ4n) is 1.60. The molecule has 0 spiro atoms. The Morgan fingerprint density at radius 3 is 2.53 bits per heavy atom. The standard InChI is InChI=1S/C12H15NO4/c1-12(11(16)17,10(15)13-2)7-8-4-3-5-9(14)6-8/h3-6,14H,7H2,1-2H3,(H,13,15)(H,16,17). The van der Waals surface area contributed by atoms with E-state index in [0.29, 0.717) is 5.56 Å². The monoisotopic (exact) mass is 237 g/mol. The number of aromatic hydroxyl groups is 1. The molecule has 0 aliphatic carbocycles. The van der Waals surface area contributed by atoms with Crippen LogP contribution in [0.5, 0.6) is 5.75 Å². The molecule has 0 saturated heterocycles. The number of rotatable bonds is 4. The van der Waals surface area contributed by atoms with E-state index < -0.39 is 17.3 Å². The zero-order valence-corrected chi connectivity index (χ0v) is 9.73. The molecule has 0 aliphatic rings. The minimum Gasteiger partial charge on any atom is -0.508 e. The van der Waals surface area contributed by atoms with Crippen molar-refractivity contribution in [2.24, 2.45) is 5.41 Å². The number of amides is 1. The summed E-state index contributed by atoms with van der Waals surface area (Å²) in [7, 11) is 1.39. The Balaban J connectivity index is 3.03. The van der Waals surface area contributed by atoms with E-state index >= 15 is 0 Å². The highest BCUT2D eigenvalue weighted by atomic mass is 16.4. The minimum absolute atomic E-state index is 0.0242. The maximum Gasteiger partial charge on any atom is 0.319 e. The van der Waals surface area contributed by atoms with Crippen LogP contribution in [0.3, 0.4) is 0 Å². The van der Waals surface area contributed by atoms with Gasteiger partial charge < -0.3 is 15.5 Å². The van der Waals surface area contributed by atoms with Gasteiger partial charge in [-0.1, -0.05) is 12.1 Å². The zero-order valence-electron chi connectivity index (χ0n) is 9.73. The number of carboxylic acid groups (broad SMARTS) is 1. The molecule has 0 bridgehead atoms. The molecule has 0 aliphatic heterocycles. The fraction of sp³-hybridized carbons (Fsp3) is 0.333. The van der Waals surface area contributed by atoms with Crippen LogP contribution in [0.4, 0.5) is 0 Å². The highest BCUT2D eigenvalue weighted by molar-refractivity contribution is 6.01. The van der Waals surface area contributed by atoms with Crippen LogP contribution in [-0.2, 0) is 16.0 Å². The zero-order chi connectivity index (χ0) is 13.1. The van der Waals surface area contributed by atoms with Gasteiger partial charge in [-0.25, -0.2) is 0 Å². The average Bonchev–Trinajstić information content (AvgIpc) is 2.27. The van der Waals surface area contributed by atoms with Gasteiger partial charge in [-0.15, -0.1) is 0 Å². The summed E-state index contributed by atoms with van der Waals surface area (Å²) < 4.78 is 0. The maximum atomic E-state index is 11.6. The fourth-order valence-corrected chi connectivity index (χ4v) is 1.60. The van der Waals surface area contributed by atoms with Crippen LogP contribution in [0.25, 0.3) is 0 Å². The van der Waals surface area contributed by atoms with Crippen molar-refractivity contribution in [1.82, 2.24) is 5.32 Å². The number of phenolic OH excluding ortho intramolecular Hbond substituents is 1. The lowest BCUT2D eigenvalue weighted by atomic mass is 9.82. The topological polar surface area (TPSA) is 86.6 Å². The molecule has 1 aromatic rings. The van der Waals surface area contributed by atoms with E-state index in [1.165, 1.54) is 26.1 Å². The Kier molecular flexibility index (Phi) is 3.73. The van der Waals surface area contributed by atoms with Gasteiger partial charge in [0.05, 0.1) is 0 Å². The molecule has 0 aromatic heterocycles. The van der Waals surface area contributed by atoms with Gasteiger partial charge in [-0.05, 0) is 31.0 Å². The first kappa shape index (κ1) is 13.0. The van der Waals surface area contributed by atoms with Crippen molar-refractivity contribution in [3.63, 3.8) is 0 Å². The summed E-state index contributed by atoms with van der Waals surface area (Å²) in [5.74, 6) is -1.71. The van der Waals surface area contributed by atoms with Crippen LogP contribution in [0.15, 0.2) is 24.3 Å². The molecule has 1 atom stereocenters. The number of hydrogen-bond acceptors (Lipinski definition) is 3. The van der Waals surface area contributed by atoms with E-state index in [2.05, 4.69) is 5.32 Å². The number of benzene rings is 1. The molecule has 3 N–H and O–H groups in total. The number of aliphatic carboxylic acids is 1. The van der Waals surface area contributed by atoms with Crippen LogP contribution in [0.2, 0.25) is 0 Å². The normalized spacial score (nSPS) is 13.8. The average molecular weight is 237 g/mol. The summed E-state index contributed by atoms with van der Waals surface area (Å²) in [4.78, 5) is 22.8. The van der Waals surface area contributed by atoms with Gasteiger partial charge in [0.25, 0.3) is 0 Å². The van der Waals surface area contributed by atoms with Crippen LogP contribution >= 0.6 is 0 Å². The lowest BCUT2D eigenvalue weighted by Crippen LogP contribution is -2.44. The SMILES string of the molecule is CNC(=O)C(C)(Cc1cccc(O)c1)C(=O)O. The van der Waals surface area contributed by atoms with Gasteiger partial charge >= 0.3 is 5.97 Å². The highest BCUT2D eigenvalue weighted by Gasteiger charge is 2.40. The molecule has 1 unspecified atom stereocenters. The summed E-state index contributed by atoms with van der Waals surface area (Å²) in [6, 6.07) is 6.21. The molecule has 0 heterocycles. The van der Waals surface area contributed by atoms with Crippen LogP contribution in [0.1, 0.15) is 12.5 Å². The van der Waals surface area contributed by atoms with E-state index in [1.807, 2.05) is 0 Å². The summed E-state index contributed by atoms with van der Waals surface area (Å²) in [6.45, 7) is 1.36. The highest BCUT2D eigenvalue weighted by Crippen LogP contribution is 2.25. The van der Waals surface area contributed by atoms with Crippen molar-refractivity contribution < 1.29 is 19.8 Å². The van der Waals surface area contributed by atoms with Crippen molar-refractivity contribution in [3.05, 3.63) is 29.8 Å². The first-order valence-corrected chi connectivity index (χ1v) is 5.13. The first-order valence-electron chi connectivity index (χ1n) is 5.13. The second-order valence-electron chi connectivity index (χ2n) is 4.06. The molecular weight excluding hydrogens is 222 g/mol. The van der Waals surface area contributed by atoms with E-state index in [4.69, 9.17) is 5.11 Å². The number of nitrogens with one attached hydrogen (secondary N) is 1.